The summed E-state index contributed by atoms with van der Waals surface area (Å²) in [6.45, 7) is 10.2. The summed E-state index contributed by atoms with van der Waals surface area (Å²) in [4.78, 5) is 49.7. The molecule has 3 aliphatic rings. The SMILES string of the molecule is CC(C)c1csc(-c2cccc3c2nc(OC2CC(C(N)=O)N(C(=O)C(N)CCCCCC=CC4CC4C(=O)NS(=O)(=O)C4(C)CC4)C2)n3C(C)C)n1. The normalized spacial score (nSPS) is 22.9. The van der Waals surface area contributed by atoms with E-state index in [2.05, 4.69) is 37.8 Å². The number of amides is 3. The molecule has 0 bridgehead atoms. The third-order valence-electron chi connectivity index (χ3n) is 10.8. The highest BCUT2D eigenvalue weighted by atomic mass is 32.2. The van der Waals surface area contributed by atoms with E-state index < -0.39 is 44.8 Å². The van der Waals surface area contributed by atoms with E-state index in [1.165, 1.54) is 4.90 Å². The molecule has 15 heteroatoms. The predicted molar refractivity (Wildman–Crippen MR) is 206 cm³/mol. The molecule has 5 N–H and O–H groups in total. The average Bonchev–Trinajstić information content (AvgIpc) is 3.85. The van der Waals surface area contributed by atoms with Gasteiger partial charge in [0.05, 0.1) is 28.5 Å². The van der Waals surface area contributed by atoms with Crippen molar-refractivity contribution in [2.24, 2.45) is 23.3 Å². The maximum Gasteiger partial charge on any atom is 0.297 e. The third kappa shape index (κ3) is 8.46. The number of ether oxygens (including phenoxy) is 1. The molecule has 2 aliphatic carbocycles. The molecule has 1 aliphatic heterocycles. The van der Waals surface area contributed by atoms with Gasteiger partial charge < -0.3 is 21.1 Å². The van der Waals surface area contributed by atoms with Crippen LogP contribution in [0.2, 0.25) is 0 Å². The Morgan fingerprint density at radius 2 is 1.87 bits per heavy atom. The van der Waals surface area contributed by atoms with Crippen LogP contribution in [0.5, 0.6) is 6.01 Å². The smallest absolute Gasteiger partial charge is 0.297 e. The van der Waals surface area contributed by atoms with Crippen LogP contribution < -0.4 is 20.9 Å². The van der Waals surface area contributed by atoms with E-state index in [0.29, 0.717) is 37.6 Å². The summed E-state index contributed by atoms with van der Waals surface area (Å²) in [5.74, 6) is -1.23. The van der Waals surface area contributed by atoms with Gasteiger partial charge in [-0.25, -0.2) is 13.4 Å². The van der Waals surface area contributed by atoms with Gasteiger partial charge >= 0.3 is 0 Å². The van der Waals surface area contributed by atoms with Gasteiger partial charge in [-0.3, -0.25) is 23.7 Å². The maximum atomic E-state index is 13.5. The fourth-order valence-electron chi connectivity index (χ4n) is 6.99. The topological polar surface area (TPSA) is 193 Å². The standard InChI is InChI=1S/C38H53N7O6S2/c1-22(2)29-21-52-35(41-29)26-13-11-15-30-32(26)42-37(45(30)23(3)4)51-25-19-31(33(40)46)44(20-25)36(48)28(39)14-10-8-6-7-9-12-24-18-27(24)34(47)43-53(49,50)38(5)16-17-38/h9,11-13,15,21-25,27-28,31H,6-8,10,14,16-20,39H2,1-5H3,(H2,40,46)(H,43,47). The molecular weight excluding hydrogens is 715 g/mol. The molecule has 6 rings (SSSR count). The molecule has 2 saturated carbocycles. The molecule has 13 nitrogen and oxygen atoms in total. The van der Waals surface area contributed by atoms with Crippen molar-refractivity contribution in [1.82, 2.24) is 24.2 Å². The fraction of sp³-hybridized carbons (Fsp3) is 0.605. The van der Waals surface area contributed by atoms with Crippen LogP contribution in [0.15, 0.2) is 35.7 Å². The van der Waals surface area contributed by atoms with Gasteiger partial charge in [-0.05, 0) is 83.3 Å². The van der Waals surface area contributed by atoms with Gasteiger partial charge in [-0.2, -0.15) is 4.98 Å². The minimum Gasteiger partial charge on any atom is -0.459 e. The van der Waals surface area contributed by atoms with Crippen molar-refractivity contribution < 1.29 is 27.5 Å². The van der Waals surface area contributed by atoms with Gasteiger partial charge in [0.2, 0.25) is 27.7 Å². The Hall–Kier alpha value is -3.82. The summed E-state index contributed by atoms with van der Waals surface area (Å²) in [7, 11) is -3.61. The number of aromatic nitrogens is 3. The maximum absolute atomic E-state index is 13.5. The van der Waals surface area contributed by atoms with Gasteiger partial charge in [0.15, 0.2) is 0 Å². The quantitative estimate of drug-likeness (QED) is 0.123. The van der Waals surface area contributed by atoms with E-state index in [0.717, 1.165) is 53.0 Å². The van der Waals surface area contributed by atoms with E-state index in [1.54, 1.807) is 18.3 Å². The first-order chi connectivity index (χ1) is 25.1. The summed E-state index contributed by atoms with van der Waals surface area (Å²) < 4.78 is 34.6. The molecule has 3 amide bonds. The number of nitrogens with one attached hydrogen (secondary N) is 1. The number of hydrogen-bond donors (Lipinski definition) is 3. The molecule has 3 aromatic rings. The number of benzene rings is 1. The lowest BCUT2D eigenvalue weighted by Crippen LogP contribution is -2.50. The van der Waals surface area contributed by atoms with Crippen molar-refractivity contribution in [2.75, 3.05) is 6.54 Å². The molecule has 2 aromatic heterocycles. The predicted octanol–water partition coefficient (Wildman–Crippen LogP) is 5.17. The zero-order chi connectivity index (χ0) is 38.2. The number of unbranched alkanes of at least 4 members (excludes halogenated alkanes) is 3. The van der Waals surface area contributed by atoms with Crippen LogP contribution in [0.25, 0.3) is 21.6 Å². The number of nitrogens with two attached hydrogens (primary N) is 2. The minimum atomic E-state index is -3.61. The van der Waals surface area contributed by atoms with Gasteiger partial charge in [0, 0.05) is 29.3 Å². The Balaban J connectivity index is 0.993. The minimum absolute atomic E-state index is 0.0291. The number of carbonyl (C=O) groups is 3. The second-order valence-corrected chi connectivity index (χ2v) is 18.8. The van der Waals surface area contributed by atoms with E-state index >= 15 is 0 Å². The Kier molecular flexibility index (Phi) is 11.4. The van der Waals surface area contributed by atoms with Crippen molar-refractivity contribution >= 4 is 50.1 Å². The zero-order valence-corrected chi connectivity index (χ0v) is 32.9. The number of para-hydroxylation sites is 1. The lowest BCUT2D eigenvalue weighted by atomic mass is 10.1. The lowest BCUT2D eigenvalue weighted by molar-refractivity contribution is -0.138. The van der Waals surface area contributed by atoms with Crippen molar-refractivity contribution in [1.29, 1.82) is 0 Å². The Labute approximate surface area is 316 Å². The highest BCUT2D eigenvalue weighted by Crippen LogP contribution is 2.44. The number of thiazole rings is 1. The first kappa shape index (κ1) is 38.9. The van der Waals surface area contributed by atoms with Crippen LogP contribution in [0.4, 0.5) is 0 Å². The first-order valence-corrected chi connectivity index (χ1v) is 21.2. The first-order valence-electron chi connectivity index (χ1n) is 18.8. The number of allylic oxidation sites excluding steroid dienone is 2. The van der Waals surface area contributed by atoms with Crippen molar-refractivity contribution in [3.8, 4) is 16.6 Å². The number of nitrogens with zero attached hydrogens (tertiary/aromatic N) is 4. The number of hydrogen-bond acceptors (Lipinski definition) is 10. The van der Waals surface area contributed by atoms with Crippen LogP contribution in [0, 0.1) is 11.8 Å². The van der Waals surface area contributed by atoms with E-state index in [4.69, 9.17) is 26.2 Å². The number of sulfonamides is 1. The van der Waals surface area contributed by atoms with Crippen LogP contribution in [0.3, 0.4) is 0 Å². The molecule has 5 atom stereocenters. The molecule has 0 spiro atoms. The van der Waals surface area contributed by atoms with Gasteiger partial charge in [0.25, 0.3) is 6.01 Å². The van der Waals surface area contributed by atoms with Crippen LogP contribution >= 0.6 is 11.3 Å². The lowest BCUT2D eigenvalue weighted by Gasteiger charge is -2.25. The molecule has 3 fully saturated rings. The average molecular weight is 768 g/mol. The van der Waals surface area contributed by atoms with E-state index in [1.807, 2.05) is 34.9 Å². The van der Waals surface area contributed by atoms with Gasteiger partial charge in [0.1, 0.15) is 22.7 Å². The summed E-state index contributed by atoms with van der Waals surface area (Å²) in [5.41, 5.74) is 15.8. The second kappa shape index (κ2) is 15.5. The Morgan fingerprint density at radius 3 is 2.53 bits per heavy atom. The fourth-order valence-corrected chi connectivity index (χ4v) is 9.30. The summed E-state index contributed by atoms with van der Waals surface area (Å²) in [6.07, 6.45) is 9.38. The number of likely N-dealkylation sites (tertiary alicyclic amines) is 1. The van der Waals surface area contributed by atoms with Gasteiger partial charge in [-0.15, -0.1) is 11.3 Å². The Morgan fingerprint density at radius 1 is 1.11 bits per heavy atom. The second-order valence-electron chi connectivity index (χ2n) is 15.7. The van der Waals surface area contributed by atoms with Crippen molar-refractivity contribution in [3.05, 3.63) is 41.4 Å². The number of imidazole rings is 1. The zero-order valence-electron chi connectivity index (χ0n) is 31.3. The molecule has 1 saturated heterocycles. The molecule has 0 radical (unpaired) electrons. The largest absolute Gasteiger partial charge is 0.459 e. The number of fused-ring (bicyclic) bond motifs is 1. The molecule has 5 unspecified atom stereocenters. The number of carbonyl (C=O) groups excluding carboxylic acids is 3. The summed E-state index contributed by atoms with van der Waals surface area (Å²) >= 11 is 1.59. The third-order valence-corrected chi connectivity index (χ3v) is 13.9. The molecular formula is C38H53N7O6S2. The monoisotopic (exact) mass is 767 g/mol. The van der Waals surface area contributed by atoms with Crippen LogP contribution in [0.1, 0.15) is 110 Å². The molecule has 3 heterocycles. The van der Waals surface area contributed by atoms with Crippen molar-refractivity contribution in [2.45, 2.75) is 127 Å². The van der Waals surface area contributed by atoms with Crippen LogP contribution in [-0.2, 0) is 24.4 Å². The molecule has 53 heavy (non-hydrogen) atoms. The number of primary amides is 1. The van der Waals surface area contributed by atoms with Gasteiger partial charge in [-0.1, -0.05) is 44.9 Å². The Bertz CT molecular complexity index is 1980. The highest BCUT2D eigenvalue weighted by molar-refractivity contribution is 7.91. The molecule has 288 valence electrons. The highest BCUT2D eigenvalue weighted by Gasteiger charge is 2.52. The van der Waals surface area contributed by atoms with Crippen LogP contribution in [-0.4, -0.2) is 75.1 Å². The van der Waals surface area contributed by atoms with E-state index in [9.17, 15) is 22.8 Å². The molecule has 1 aromatic carbocycles. The van der Waals surface area contributed by atoms with Crippen molar-refractivity contribution in [3.63, 3.8) is 0 Å². The van der Waals surface area contributed by atoms with E-state index in [-0.39, 0.29) is 36.8 Å². The summed E-state index contributed by atoms with van der Waals surface area (Å²) in [6, 6.07) is 4.87. The number of rotatable bonds is 17. The summed E-state index contributed by atoms with van der Waals surface area (Å²) in [5, 5.41) is 2.97.